The molecule has 3 unspecified atom stereocenters. The lowest BCUT2D eigenvalue weighted by Crippen LogP contribution is -2.50. The predicted octanol–water partition coefficient (Wildman–Crippen LogP) is 0.678. The van der Waals surface area contributed by atoms with Crippen LogP contribution >= 0.6 is 0 Å². The maximum atomic E-state index is 11.5. The molecular formula is C16H19N3O3S. The van der Waals surface area contributed by atoms with E-state index in [0.29, 0.717) is 6.42 Å². The minimum absolute atomic E-state index is 0.459. The minimum Gasteiger partial charge on any atom is -0.615 e. The number of amides is 1. The van der Waals surface area contributed by atoms with E-state index in [2.05, 4.69) is 22.3 Å². The van der Waals surface area contributed by atoms with E-state index in [0.717, 1.165) is 23.3 Å². The second-order valence-electron chi connectivity index (χ2n) is 5.02. The molecule has 122 valence electrons. The monoisotopic (exact) mass is 333 g/mol. The van der Waals surface area contributed by atoms with Crippen LogP contribution in [-0.2, 0) is 20.8 Å². The Morgan fingerprint density at radius 2 is 2.26 bits per heavy atom. The third-order valence-corrected chi connectivity index (χ3v) is 4.26. The smallest absolute Gasteiger partial charge is 0.286 e. The first kappa shape index (κ1) is 17.3. The Hall–Kier alpha value is -2.01. The molecule has 0 fully saturated rings. The minimum atomic E-state index is -1.42. The molecule has 23 heavy (non-hydrogen) atoms. The number of nitrogens with zero attached hydrogens (tertiary/aromatic N) is 1. The summed E-state index contributed by atoms with van der Waals surface area (Å²) in [5.41, 5.74) is 7.84. The molecule has 3 N–H and O–H groups in total. The highest BCUT2D eigenvalue weighted by Gasteiger charge is 2.32. The molecule has 0 aromatic heterocycles. The molecule has 2 rings (SSSR count). The van der Waals surface area contributed by atoms with Gasteiger partial charge in [0.05, 0.1) is 12.0 Å². The van der Waals surface area contributed by atoms with Crippen LogP contribution in [0.1, 0.15) is 30.9 Å². The first-order valence-electron chi connectivity index (χ1n) is 7.21. The predicted molar refractivity (Wildman–Crippen MR) is 89.8 cm³/mol. The standard InChI is InChI=1S/C16H19N3O3S/c1-3-4-5-11-6-8-12(9-7-11)13-10-14(22-19-13)18-16(15(17)20)23(2)21/h6-9,14,16,18H,3,10H2,1-2H3,(H2,17,20). The molecule has 0 spiro atoms. The van der Waals surface area contributed by atoms with Gasteiger partial charge in [-0.05, 0) is 28.9 Å². The van der Waals surface area contributed by atoms with Crippen LogP contribution < -0.4 is 11.1 Å². The Morgan fingerprint density at radius 3 is 2.83 bits per heavy atom. The summed E-state index contributed by atoms with van der Waals surface area (Å²) in [6.45, 7) is 2.00. The van der Waals surface area contributed by atoms with Crippen LogP contribution in [0, 0.1) is 11.8 Å². The second kappa shape index (κ2) is 8.02. The Bertz CT molecular complexity index is 647. The van der Waals surface area contributed by atoms with Gasteiger partial charge in [-0.15, -0.1) is 0 Å². The number of benzene rings is 1. The number of rotatable bonds is 5. The molecule has 1 heterocycles. The van der Waals surface area contributed by atoms with Gasteiger partial charge in [0.1, 0.15) is 0 Å². The molecule has 7 heteroatoms. The Kier molecular flexibility index (Phi) is 6.04. The fourth-order valence-electron chi connectivity index (χ4n) is 2.08. The first-order chi connectivity index (χ1) is 11.0. The molecule has 1 aromatic rings. The summed E-state index contributed by atoms with van der Waals surface area (Å²) < 4.78 is 11.5. The molecule has 1 aliphatic heterocycles. The van der Waals surface area contributed by atoms with Crippen molar-refractivity contribution in [1.29, 1.82) is 0 Å². The summed E-state index contributed by atoms with van der Waals surface area (Å²) in [6.07, 6.45) is 2.16. The summed E-state index contributed by atoms with van der Waals surface area (Å²) in [4.78, 5) is 16.5. The van der Waals surface area contributed by atoms with Gasteiger partial charge in [0.25, 0.3) is 5.91 Å². The van der Waals surface area contributed by atoms with Gasteiger partial charge >= 0.3 is 0 Å². The number of hydrogen-bond donors (Lipinski definition) is 2. The van der Waals surface area contributed by atoms with Gasteiger partial charge < -0.3 is 15.1 Å². The van der Waals surface area contributed by atoms with E-state index in [1.54, 1.807) is 0 Å². The second-order valence-corrected chi connectivity index (χ2v) is 6.49. The molecule has 0 saturated heterocycles. The zero-order valence-corrected chi connectivity index (χ0v) is 13.9. The van der Waals surface area contributed by atoms with Gasteiger partial charge in [0.2, 0.25) is 5.37 Å². The fraction of sp³-hybridized carbons (Fsp3) is 0.375. The van der Waals surface area contributed by atoms with Crippen molar-refractivity contribution < 1.29 is 14.2 Å². The van der Waals surface area contributed by atoms with Crippen molar-refractivity contribution in [3.63, 3.8) is 0 Å². The van der Waals surface area contributed by atoms with E-state index in [1.807, 2.05) is 31.2 Å². The molecule has 1 aliphatic rings. The van der Waals surface area contributed by atoms with Crippen molar-refractivity contribution >= 4 is 22.8 Å². The molecule has 0 aliphatic carbocycles. The van der Waals surface area contributed by atoms with E-state index in [4.69, 9.17) is 10.6 Å². The fourth-order valence-corrected chi connectivity index (χ4v) is 2.75. The van der Waals surface area contributed by atoms with Crippen molar-refractivity contribution in [2.75, 3.05) is 6.26 Å². The van der Waals surface area contributed by atoms with Gasteiger partial charge in [0, 0.05) is 18.4 Å². The van der Waals surface area contributed by atoms with Crippen molar-refractivity contribution in [2.24, 2.45) is 10.9 Å². The molecule has 0 radical (unpaired) electrons. The van der Waals surface area contributed by atoms with Crippen LogP contribution in [0.25, 0.3) is 0 Å². The maximum absolute atomic E-state index is 11.5. The average Bonchev–Trinajstić information content (AvgIpc) is 2.99. The third-order valence-electron chi connectivity index (χ3n) is 3.22. The zero-order chi connectivity index (χ0) is 16.8. The van der Waals surface area contributed by atoms with Crippen molar-refractivity contribution in [3.05, 3.63) is 35.4 Å². The van der Waals surface area contributed by atoms with Crippen LogP contribution in [0.5, 0.6) is 0 Å². The SMILES string of the molecule is CCC#Cc1ccc(C2=NOC(NC(C(N)=O)[S+](C)[O-])C2)cc1. The summed E-state index contributed by atoms with van der Waals surface area (Å²) in [5, 5.41) is 5.88. The van der Waals surface area contributed by atoms with Gasteiger partial charge in [-0.1, -0.05) is 36.1 Å². The van der Waals surface area contributed by atoms with Gasteiger partial charge in [-0.25, -0.2) is 5.32 Å². The van der Waals surface area contributed by atoms with Gasteiger partial charge in [0.15, 0.2) is 6.23 Å². The quantitative estimate of drug-likeness (QED) is 0.611. The third kappa shape index (κ3) is 4.73. The first-order valence-corrected chi connectivity index (χ1v) is 8.83. The highest BCUT2D eigenvalue weighted by Crippen LogP contribution is 2.16. The molecule has 0 bridgehead atoms. The van der Waals surface area contributed by atoms with Crippen molar-refractivity contribution in [2.45, 2.75) is 31.4 Å². The number of oxime groups is 1. The number of primary amides is 1. The van der Waals surface area contributed by atoms with E-state index < -0.39 is 28.7 Å². The normalized spacial score (nSPS) is 19.1. The number of nitrogens with one attached hydrogen (secondary N) is 1. The van der Waals surface area contributed by atoms with Crippen LogP contribution in [0.2, 0.25) is 0 Å². The van der Waals surface area contributed by atoms with Crippen LogP contribution in [0.4, 0.5) is 0 Å². The van der Waals surface area contributed by atoms with Crippen molar-refractivity contribution in [3.8, 4) is 11.8 Å². The van der Waals surface area contributed by atoms with Crippen molar-refractivity contribution in [1.82, 2.24) is 5.32 Å². The van der Waals surface area contributed by atoms with Crippen LogP contribution in [0.3, 0.4) is 0 Å². The lowest BCUT2D eigenvalue weighted by molar-refractivity contribution is -0.119. The lowest BCUT2D eigenvalue weighted by atomic mass is 10.1. The number of carbonyl (C=O) groups excluding carboxylic acids is 1. The summed E-state index contributed by atoms with van der Waals surface area (Å²) in [5.74, 6) is 5.39. The van der Waals surface area contributed by atoms with Crippen LogP contribution in [0.15, 0.2) is 29.4 Å². The maximum Gasteiger partial charge on any atom is 0.286 e. The van der Waals surface area contributed by atoms with E-state index in [-0.39, 0.29) is 0 Å². The molecule has 6 nitrogen and oxygen atoms in total. The lowest BCUT2D eigenvalue weighted by Gasteiger charge is -2.19. The molecule has 0 saturated carbocycles. The van der Waals surface area contributed by atoms with E-state index >= 15 is 0 Å². The number of carbonyl (C=O) groups is 1. The topological polar surface area (TPSA) is 99.8 Å². The number of hydrogen-bond acceptors (Lipinski definition) is 5. The van der Waals surface area contributed by atoms with Gasteiger partial charge in [-0.3, -0.25) is 4.79 Å². The Balaban J connectivity index is 1.98. The van der Waals surface area contributed by atoms with E-state index in [9.17, 15) is 9.35 Å². The van der Waals surface area contributed by atoms with Crippen LogP contribution in [-0.4, -0.2) is 34.0 Å². The van der Waals surface area contributed by atoms with Gasteiger partial charge in [-0.2, -0.15) is 0 Å². The molecule has 3 atom stereocenters. The average molecular weight is 333 g/mol. The molecular weight excluding hydrogens is 314 g/mol. The summed E-state index contributed by atoms with van der Waals surface area (Å²) >= 11 is -1.42. The Morgan fingerprint density at radius 1 is 1.57 bits per heavy atom. The highest BCUT2D eigenvalue weighted by atomic mass is 32.2. The molecule has 1 aromatic carbocycles. The summed E-state index contributed by atoms with van der Waals surface area (Å²) in [7, 11) is 0. The zero-order valence-electron chi connectivity index (χ0n) is 13.0. The summed E-state index contributed by atoms with van der Waals surface area (Å²) in [6, 6.07) is 7.70. The highest BCUT2D eigenvalue weighted by molar-refractivity contribution is 7.92. The largest absolute Gasteiger partial charge is 0.615 e. The van der Waals surface area contributed by atoms with E-state index in [1.165, 1.54) is 6.26 Å². The Labute approximate surface area is 138 Å². The molecule has 1 amide bonds. The number of nitrogens with two attached hydrogens (primary N) is 1.